The standard InChI is InChI=1S/C16H19F2NOS/c1-10-8-15(12(3)21-10)11(2)19-9-13-4-6-14(7-5-13)20-16(17)18/h4-8,11,16,19H,9H2,1-3H3. The van der Waals surface area contributed by atoms with Gasteiger partial charge < -0.3 is 10.1 Å². The van der Waals surface area contributed by atoms with Crippen molar-refractivity contribution in [1.29, 1.82) is 0 Å². The third-order valence-corrected chi connectivity index (χ3v) is 4.29. The van der Waals surface area contributed by atoms with Crippen LogP contribution < -0.4 is 10.1 Å². The van der Waals surface area contributed by atoms with Gasteiger partial charge in [-0.25, -0.2) is 0 Å². The molecular formula is C16H19F2NOS. The lowest BCUT2D eigenvalue weighted by molar-refractivity contribution is -0.0498. The molecule has 1 N–H and O–H groups in total. The molecule has 1 aromatic carbocycles. The molecule has 1 atom stereocenters. The molecule has 1 unspecified atom stereocenters. The number of hydrogen-bond donors (Lipinski definition) is 1. The first-order chi connectivity index (χ1) is 9.95. The number of benzene rings is 1. The van der Waals surface area contributed by atoms with Gasteiger partial charge >= 0.3 is 6.61 Å². The van der Waals surface area contributed by atoms with Crippen LogP contribution in [-0.2, 0) is 6.54 Å². The van der Waals surface area contributed by atoms with Gasteiger partial charge in [0.2, 0.25) is 0 Å². The monoisotopic (exact) mass is 311 g/mol. The van der Waals surface area contributed by atoms with E-state index in [2.05, 4.69) is 36.9 Å². The minimum Gasteiger partial charge on any atom is -0.435 e. The predicted octanol–water partition coefficient (Wildman–Crippen LogP) is 4.82. The topological polar surface area (TPSA) is 21.3 Å². The Morgan fingerprint density at radius 1 is 1.19 bits per heavy atom. The molecule has 1 aromatic heterocycles. The Bertz CT molecular complexity index is 580. The molecule has 2 aromatic rings. The van der Waals surface area contributed by atoms with Crippen LogP contribution in [0, 0.1) is 13.8 Å². The van der Waals surface area contributed by atoms with Crippen LogP contribution in [0.15, 0.2) is 30.3 Å². The van der Waals surface area contributed by atoms with Crippen LogP contribution in [0.5, 0.6) is 5.75 Å². The molecule has 114 valence electrons. The number of thiophene rings is 1. The molecule has 0 bridgehead atoms. The van der Waals surface area contributed by atoms with Gasteiger partial charge in [0, 0.05) is 22.3 Å². The fourth-order valence-corrected chi connectivity index (χ4v) is 3.27. The lowest BCUT2D eigenvalue weighted by Crippen LogP contribution is -2.18. The number of hydrogen-bond acceptors (Lipinski definition) is 3. The molecule has 2 nitrogen and oxygen atoms in total. The van der Waals surface area contributed by atoms with Crippen molar-refractivity contribution in [3.63, 3.8) is 0 Å². The Kier molecular flexibility index (Phi) is 5.31. The highest BCUT2D eigenvalue weighted by Gasteiger charge is 2.11. The average molecular weight is 311 g/mol. The average Bonchev–Trinajstić information content (AvgIpc) is 2.76. The van der Waals surface area contributed by atoms with E-state index in [1.165, 1.54) is 15.3 Å². The van der Waals surface area contributed by atoms with Gasteiger partial charge in [0.1, 0.15) is 5.75 Å². The van der Waals surface area contributed by atoms with E-state index in [-0.39, 0.29) is 11.8 Å². The maximum absolute atomic E-state index is 12.1. The van der Waals surface area contributed by atoms with Crippen molar-refractivity contribution in [2.75, 3.05) is 0 Å². The van der Waals surface area contributed by atoms with Crippen LogP contribution in [0.4, 0.5) is 8.78 Å². The SMILES string of the molecule is Cc1cc(C(C)NCc2ccc(OC(F)F)cc2)c(C)s1. The van der Waals surface area contributed by atoms with Crippen molar-refractivity contribution in [2.45, 2.75) is 40.0 Å². The molecular weight excluding hydrogens is 292 g/mol. The zero-order valence-corrected chi connectivity index (χ0v) is 13.1. The molecule has 0 amide bonds. The lowest BCUT2D eigenvalue weighted by Gasteiger charge is -2.14. The Labute approximate surface area is 127 Å². The summed E-state index contributed by atoms with van der Waals surface area (Å²) in [5.74, 6) is 0.186. The number of aryl methyl sites for hydroxylation is 2. The van der Waals surface area contributed by atoms with Gasteiger partial charge in [0.05, 0.1) is 0 Å². The highest BCUT2D eigenvalue weighted by Crippen LogP contribution is 2.26. The Morgan fingerprint density at radius 2 is 1.86 bits per heavy atom. The summed E-state index contributed by atoms with van der Waals surface area (Å²) in [6, 6.07) is 9.18. The van der Waals surface area contributed by atoms with E-state index in [1.54, 1.807) is 35.6 Å². The van der Waals surface area contributed by atoms with Crippen LogP contribution in [0.1, 0.15) is 33.8 Å². The van der Waals surface area contributed by atoms with Crippen LogP contribution >= 0.6 is 11.3 Å². The Hall–Kier alpha value is -1.46. The van der Waals surface area contributed by atoms with Crippen LogP contribution in [-0.4, -0.2) is 6.61 Å². The van der Waals surface area contributed by atoms with Crippen molar-refractivity contribution in [3.05, 3.63) is 51.2 Å². The molecule has 21 heavy (non-hydrogen) atoms. The normalized spacial score (nSPS) is 12.7. The van der Waals surface area contributed by atoms with Crippen LogP contribution in [0.25, 0.3) is 0 Å². The molecule has 0 spiro atoms. The van der Waals surface area contributed by atoms with E-state index in [1.807, 2.05) is 0 Å². The number of ether oxygens (including phenoxy) is 1. The maximum Gasteiger partial charge on any atom is 0.387 e. The zero-order chi connectivity index (χ0) is 15.4. The number of halogens is 2. The highest BCUT2D eigenvalue weighted by atomic mass is 32.1. The van der Waals surface area contributed by atoms with E-state index in [0.29, 0.717) is 6.54 Å². The summed E-state index contributed by atoms with van der Waals surface area (Å²) in [5, 5.41) is 3.45. The first-order valence-electron chi connectivity index (χ1n) is 6.80. The van der Waals surface area contributed by atoms with Crippen LogP contribution in [0.3, 0.4) is 0 Å². The summed E-state index contributed by atoms with van der Waals surface area (Å²) in [5.41, 5.74) is 2.35. The quantitative estimate of drug-likeness (QED) is 0.826. The first-order valence-corrected chi connectivity index (χ1v) is 7.61. The Balaban J connectivity index is 1.92. The maximum atomic E-state index is 12.1. The summed E-state index contributed by atoms with van der Waals surface area (Å²) in [6.07, 6.45) is 0. The van der Waals surface area contributed by atoms with E-state index >= 15 is 0 Å². The van der Waals surface area contributed by atoms with Gasteiger partial charge in [-0.05, 0) is 50.1 Å². The summed E-state index contributed by atoms with van der Waals surface area (Å²) >= 11 is 1.80. The van der Waals surface area contributed by atoms with E-state index in [9.17, 15) is 8.78 Å². The fraction of sp³-hybridized carbons (Fsp3) is 0.375. The molecule has 0 radical (unpaired) electrons. The largest absolute Gasteiger partial charge is 0.435 e. The summed E-state index contributed by atoms with van der Waals surface area (Å²) < 4.78 is 28.5. The van der Waals surface area contributed by atoms with E-state index in [4.69, 9.17) is 0 Å². The second-order valence-electron chi connectivity index (χ2n) is 4.99. The van der Waals surface area contributed by atoms with Gasteiger partial charge in [0.15, 0.2) is 0 Å². The third-order valence-electron chi connectivity index (χ3n) is 3.31. The minimum atomic E-state index is -2.78. The van der Waals surface area contributed by atoms with Crippen molar-refractivity contribution in [2.24, 2.45) is 0 Å². The molecule has 0 fully saturated rings. The predicted molar refractivity (Wildman–Crippen MR) is 82.1 cm³/mol. The second-order valence-corrected chi connectivity index (χ2v) is 6.45. The van der Waals surface area contributed by atoms with E-state index in [0.717, 1.165) is 5.56 Å². The smallest absolute Gasteiger partial charge is 0.387 e. The fourth-order valence-electron chi connectivity index (χ4n) is 2.25. The van der Waals surface area contributed by atoms with Gasteiger partial charge in [-0.1, -0.05) is 12.1 Å². The molecule has 5 heteroatoms. The van der Waals surface area contributed by atoms with Gasteiger partial charge in [-0.2, -0.15) is 8.78 Å². The third kappa shape index (κ3) is 4.51. The molecule has 1 heterocycles. The van der Waals surface area contributed by atoms with Crippen LogP contribution in [0.2, 0.25) is 0 Å². The molecule has 0 aliphatic rings. The number of nitrogens with one attached hydrogen (secondary N) is 1. The molecule has 2 rings (SSSR count). The van der Waals surface area contributed by atoms with Gasteiger partial charge in [-0.3, -0.25) is 0 Å². The summed E-state index contributed by atoms with van der Waals surface area (Å²) in [4.78, 5) is 2.64. The first kappa shape index (κ1) is 15.9. The van der Waals surface area contributed by atoms with Crippen molar-refractivity contribution in [3.8, 4) is 5.75 Å². The summed E-state index contributed by atoms with van der Waals surface area (Å²) in [7, 11) is 0. The molecule has 0 saturated heterocycles. The molecule has 0 saturated carbocycles. The number of rotatable bonds is 6. The van der Waals surface area contributed by atoms with Gasteiger partial charge in [-0.15, -0.1) is 11.3 Å². The molecule has 0 aliphatic heterocycles. The van der Waals surface area contributed by atoms with Gasteiger partial charge in [0.25, 0.3) is 0 Å². The van der Waals surface area contributed by atoms with E-state index < -0.39 is 6.61 Å². The molecule has 0 aliphatic carbocycles. The second kappa shape index (κ2) is 7.00. The zero-order valence-electron chi connectivity index (χ0n) is 12.3. The van der Waals surface area contributed by atoms with Crippen molar-refractivity contribution in [1.82, 2.24) is 5.32 Å². The minimum absolute atomic E-state index is 0.186. The van der Waals surface area contributed by atoms with Crippen molar-refractivity contribution < 1.29 is 13.5 Å². The number of alkyl halides is 2. The Morgan fingerprint density at radius 3 is 2.38 bits per heavy atom. The highest BCUT2D eigenvalue weighted by molar-refractivity contribution is 7.12. The van der Waals surface area contributed by atoms with Crippen molar-refractivity contribution >= 4 is 11.3 Å². The summed E-state index contributed by atoms with van der Waals surface area (Å²) in [6.45, 7) is 4.27. The lowest BCUT2D eigenvalue weighted by atomic mass is 10.1.